The highest BCUT2D eigenvalue weighted by Gasteiger charge is 2.15. The Bertz CT molecular complexity index is 1350. The van der Waals surface area contributed by atoms with Gasteiger partial charge in [-0.05, 0) is 36.4 Å². The van der Waals surface area contributed by atoms with Crippen LogP contribution in [0, 0.1) is 0 Å². The highest BCUT2D eigenvalue weighted by Crippen LogP contribution is 2.27. The number of hydrogen-bond donors (Lipinski definition) is 2. The average molecular weight is 469 g/mol. The Morgan fingerprint density at radius 1 is 0.938 bits per heavy atom. The van der Waals surface area contributed by atoms with Crippen molar-refractivity contribution in [1.82, 2.24) is 25.5 Å². The molecule has 0 aliphatic carbocycles. The van der Waals surface area contributed by atoms with Crippen LogP contribution in [0.3, 0.4) is 0 Å². The third-order valence-electron chi connectivity index (χ3n) is 4.31. The van der Waals surface area contributed by atoms with Gasteiger partial charge < -0.3 is 10.1 Å². The topological polar surface area (TPSA) is 119 Å². The van der Waals surface area contributed by atoms with Crippen LogP contribution in [0.1, 0.15) is 20.7 Å². The van der Waals surface area contributed by atoms with E-state index in [9.17, 15) is 9.59 Å². The molecular formula is C21H14Cl2N6O3. The smallest absolute Gasteiger partial charge is 0.259 e. The number of aromatic nitrogens is 4. The first-order chi connectivity index (χ1) is 15.4. The summed E-state index contributed by atoms with van der Waals surface area (Å²) >= 11 is 11.9. The lowest BCUT2D eigenvalue weighted by molar-refractivity contribution is 0.0959. The second-order valence-electron chi connectivity index (χ2n) is 6.42. The number of fused-ring (bicyclic) bond motifs is 1. The third kappa shape index (κ3) is 4.58. The van der Waals surface area contributed by atoms with Crippen LogP contribution in [0.5, 0.6) is 11.5 Å². The lowest BCUT2D eigenvalue weighted by Gasteiger charge is -2.10. The highest BCUT2D eigenvalue weighted by atomic mass is 35.5. The largest absolute Gasteiger partial charge is 0.456 e. The van der Waals surface area contributed by atoms with Crippen molar-refractivity contribution in [3.8, 4) is 11.5 Å². The molecule has 4 rings (SSSR count). The Labute approximate surface area is 191 Å². The normalized spacial score (nSPS) is 10.6. The summed E-state index contributed by atoms with van der Waals surface area (Å²) in [4.78, 5) is 32.7. The summed E-state index contributed by atoms with van der Waals surface area (Å²) in [6.07, 6.45) is 2.94. The number of nitrogens with zero attached hydrogens (tertiary/aromatic N) is 4. The summed E-state index contributed by atoms with van der Waals surface area (Å²) in [5, 5.41) is 13.7. The Balaban J connectivity index is 1.55. The highest BCUT2D eigenvalue weighted by molar-refractivity contribution is 6.37. The Morgan fingerprint density at radius 2 is 1.78 bits per heavy atom. The van der Waals surface area contributed by atoms with Crippen molar-refractivity contribution in [2.24, 2.45) is 0 Å². The maximum atomic E-state index is 12.4. The van der Waals surface area contributed by atoms with Gasteiger partial charge in [-0.3, -0.25) is 19.9 Å². The molecule has 0 spiro atoms. The molecule has 2 amide bonds. The van der Waals surface area contributed by atoms with E-state index in [1.54, 1.807) is 30.3 Å². The molecule has 2 aromatic heterocycles. The first kappa shape index (κ1) is 21.4. The number of ether oxygens (including phenoxy) is 1. The van der Waals surface area contributed by atoms with Crippen molar-refractivity contribution < 1.29 is 14.3 Å². The maximum absolute atomic E-state index is 12.4. The van der Waals surface area contributed by atoms with Gasteiger partial charge in [0.25, 0.3) is 11.8 Å². The molecule has 160 valence electrons. The first-order valence-corrected chi connectivity index (χ1v) is 9.95. The molecule has 2 heterocycles. The second kappa shape index (κ2) is 9.13. The molecule has 0 radical (unpaired) electrons. The van der Waals surface area contributed by atoms with E-state index in [-0.39, 0.29) is 22.4 Å². The standard InChI is InChI=1S/C21H14Cl2N6O3/c1-24-19(30)14-10-25-7-6-18(14)32-12-3-5-16-17(9-12)28-29-21(26-16)27-20(31)13-4-2-11(22)8-15(13)23/h2-10H,1H3,(H,24,30)(H,26,27,29,31). The van der Waals surface area contributed by atoms with Crippen molar-refractivity contribution in [3.05, 3.63) is 76.0 Å². The molecular weight excluding hydrogens is 455 g/mol. The van der Waals surface area contributed by atoms with Crippen LogP contribution in [0.2, 0.25) is 10.0 Å². The summed E-state index contributed by atoms with van der Waals surface area (Å²) in [6, 6.07) is 11.0. The Kier molecular flexibility index (Phi) is 6.11. The van der Waals surface area contributed by atoms with Gasteiger partial charge in [0.15, 0.2) is 0 Å². The van der Waals surface area contributed by atoms with E-state index in [1.165, 1.54) is 31.6 Å². The molecule has 0 aliphatic rings. The SMILES string of the molecule is CNC(=O)c1cnccc1Oc1ccc2nc(NC(=O)c3ccc(Cl)cc3Cl)nnc2c1. The van der Waals surface area contributed by atoms with Gasteiger partial charge in [-0.15, -0.1) is 10.2 Å². The van der Waals surface area contributed by atoms with Crippen molar-refractivity contribution in [2.75, 3.05) is 12.4 Å². The molecule has 4 aromatic rings. The van der Waals surface area contributed by atoms with Gasteiger partial charge in [0.1, 0.15) is 22.6 Å². The van der Waals surface area contributed by atoms with E-state index < -0.39 is 5.91 Å². The number of hydrogen-bond acceptors (Lipinski definition) is 7. The van der Waals surface area contributed by atoms with Gasteiger partial charge in [-0.2, -0.15) is 0 Å². The maximum Gasteiger partial charge on any atom is 0.259 e. The third-order valence-corrected chi connectivity index (χ3v) is 4.86. The van der Waals surface area contributed by atoms with Crippen molar-refractivity contribution in [3.63, 3.8) is 0 Å². The van der Waals surface area contributed by atoms with Gasteiger partial charge in [0, 0.05) is 30.5 Å². The minimum Gasteiger partial charge on any atom is -0.456 e. The van der Waals surface area contributed by atoms with Gasteiger partial charge in [0.05, 0.1) is 16.1 Å². The van der Waals surface area contributed by atoms with Crippen LogP contribution >= 0.6 is 23.2 Å². The molecule has 0 fully saturated rings. The molecule has 0 bridgehead atoms. The molecule has 0 atom stereocenters. The zero-order valence-electron chi connectivity index (χ0n) is 16.5. The number of benzene rings is 2. The van der Waals surface area contributed by atoms with Crippen molar-refractivity contribution in [2.45, 2.75) is 0 Å². The molecule has 11 heteroatoms. The monoisotopic (exact) mass is 468 g/mol. The Morgan fingerprint density at radius 3 is 2.56 bits per heavy atom. The molecule has 0 saturated heterocycles. The fourth-order valence-corrected chi connectivity index (χ4v) is 3.27. The number of rotatable bonds is 5. The number of pyridine rings is 1. The zero-order valence-corrected chi connectivity index (χ0v) is 18.0. The van der Waals surface area contributed by atoms with Crippen molar-refractivity contribution >= 4 is 52.0 Å². The molecule has 0 aliphatic heterocycles. The van der Waals surface area contributed by atoms with E-state index in [2.05, 4.69) is 30.8 Å². The zero-order chi connectivity index (χ0) is 22.7. The number of anilines is 1. The quantitative estimate of drug-likeness (QED) is 0.451. The Hall–Kier alpha value is -3.82. The van der Waals surface area contributed by atoms with Gasteiger partial charge in [-0.1, -0.05) is 23.2 Å². The van der Waals surface area contributed by atoms with E-state index in [0.29, 0.717) is 33.1 Å². The van der Waals surface area contributed by atoms with Crippen LogP contribution in [0.4, 0.5) is 5.95 Å². The van der Waals surface area contributed by atoms with E-state index in [1.807, 2.05) is 0 Å². The van der Waals surface area contributed by atoms with Crippen LogP contribution in [0.15, 0.2) is 54.9 Å². The average Bonchev–Trinajstić information content (AvgIpc) is 2.79. The fraction of sp³-hybridized carbons (Fsp3) is 0.0476. The lowest BCUT2D eigenvalue weighted by atomic mass is 10.2. The molecule has 2 N–H and O–H groups in total. The van der Waals surface area contributed by atoms with E-state index in [0.717, 1.165) is 0 Å². The van der Waals surface area contributed by atoms with E-state index >= 15 is 0 Å². The summed E-state index contributed by atoms with van der Waals surface area (Å²) < 4.78 is 5.82. The number of amides is 2. The summed E-state index contributed by atoms with van der Waals surface area (Å²) in [6.45, 7) is 0. The molecule has 0 saturated carbocycles. The molecule has 0 unspecified atom stereocenters. The van der Waals surface area contributed by atoms with Crippen LogP contribution < -0.4 is 15.4 Å². The number of halogens is 2. The number of nitrogens with one attached hydrogen (secondary N) is 2. The predicted molar refractivity (Wildman–Crippen MR) is 119 cm³/mol. The fourth-order valence-electron chi connectivity index (χ4n) is 2.78. The van der Waals surface area contributed by atoms with Gasteiger partial charge >= 0.3 is 0 Å². The number of carbonyl (C=O) groups excluding carboxylic acids is 2. The summed E-state index contributed by atoms with van der Waals surface area (Å²) in [5.74, 6) is -0.0417. The van der Waals surface area contributed by atoms with Crippen LogP contribution in [0.25, 0.3) is 11.0 Å². The first-order valence-electron chi connectivity index (χ1n) is 9.19. The van der Waals surface area contributed by atoms with Gasteiger partial charge in [0.2, 0.25) is 5.95 Å². The summed E-state index contributed by atoms with van der Waals surface area (Å²) in [5.41, 5.74) is 1.43. The van der Waals surface area contributed by atoms with Gasteiger partial charge in [-0.25, -0.2) is 4.98 Å². The summed E-state index contributed by atoms with van der Waals surface area (Å²) in [7, 11) is 1.52. The van der Waals surface area contributed by atoms with Crippen molar-refractivity contribution in [1.29, 1.82) is 0 Å². The number of carbonyl (C=O) groups is 2. The second-order valence-corrected chi connectivity index (χ2v) is 7.26. The minimum atomic E-state index is -0.493. The molecule has 2 aromatic carbocycles. The van der Waals surface area contributed by atoms with E-state index in [4.69, 9.17) is 27.9 Å². The minimum absolute atomic E-state index is 0.0122. The lowest BCUT2D eigenvalue weighted by Crippen LogP contribution is -2.18. The predicted octanol–water partition coefficient (Wildman–Crippen LogP) is 4.13. The van der Waals surface area contributed by atoms with Crippen LogP contribution in [-0.4, -0.2) is 39.0 Å². The van der Waals surface area contributed by atoms with Crippen LogP contribution in [-0.2, 0) is 0 Å². The molecule has 32 heavy (non-hydrogen) atoms. The molecule has 9 nitrogen and oxygen atoms in total.